The minimum atomic E-state index is -0.578. The van der Waals surface area contributed by atoms with E-state index >= 15 is 0 Å². The molecule has 3 aromatic rings. The fourth-order valence-electron chi connectivity index (χ4n) is 3.61. The number of likely N-dealkylation sites (tertiary alicyclic amines) is 1. The molecule has 1 aliphatic rings. The molecule has 1 fully saturated rings. The number of carbonyl (C=O) groups excluding carboxylic acids is 1. The Hall–Kier alpha value is -2.55. The number of ether oxygens (including phenoxy) is 1. The topological polar surface area (TPSA) is 154 Å². The van der Waals surface area contributed by atoms with Crippen LogP contribution < -0.4 is 4.74 Å². The zero-order valence-electron chi connectivity index (χ0n) is 23.8. The maximum atomic E-state index is 11.2. The molecule has 14 heteroatoms. The molecular weight excluding hydrogens is 777 g/mol. The number of hydrogen-bond donors (Lipinski definition) is 0. The maximum Gasteiger partial charge on any atom is 2.00 e. The van der Waals surface area contributed by atoms with E-state index in [1.165, 1.54) is 10.7 Å². The van der Waals surface area contributed by atoms with E-state index in [2.05, 4.69) is 15.0 Å². The predicted octanol–water partition coefficient (Wildman–Crippen LogP) is 5.56. The van der Waals surface area contributed by atoms with Gasteiger partial charge in [-0.3, -0.25) is 14.9 Å². The molecule has 0 bridgehead atoms. The molecular formula is C26H37N8O4UV-. The third kappa shape index (κ3) is 12.7. The Morgan fingerprint density at radius 3 is 2.52 bits per heavy atom. The second-order valence-corrected chi connectivity index (χ2v) is 8.38. The van der Waals surface area contributed by atoms with Crippen LogP contribution in [0.1, 0.15) is 32.8 Å². The molecule has 0 saturated carbocycles. The molecule has 1 aromatic carbocycles. The second kappa shape index (κ2) is 19.5. The van der Waals surface area contributed by atoms with Gasteiger partial charge in [0, 0.05) is 49.1 Å². The first-order valence-electron chi connectivity index (χ1n) is 11.9. The number of Topliss-reactive ketones (excluding diaryl/α,β-unsaturated/α-hetero) is 1. The molecule has 1 atom stereocenters. The van der Waals surface area contributed by atoms with Gasteiger partial charge in [-0.1, -0.05) is 26.0 Å². The van der Waals surface area contributed by atoms with Gasteiger partial charge in [-0.25, -0.2) is 4.52 Å². The zero-order valence-corrected chi connectivity index (χ0v) is 29.3. The number of fused-ring (bicyclic) bond motifs is 1. The third-order valence-electron chi connectivity index (χ3n) is 5.33. The molecule has 4 rings (SSSR count). The van der Waals surface area contributed by atoms with E-state index in [0.29, 0.717) is 36.3 Å². The van der Waals surface area contributed by atoms with E-state index in [4.69, 9.17) is 16.2 Å². The molecule has 0 amide bonds. The van der Waals surface area contributed by atoms with Crippen molar-refractivity contribution in [2.24, 2.45) is 0 Å². The summed E-state index contributed by atoms with van der Waals surface area (Å²) in [6.45, 7) is 6.99. The van der Waals surface area contributed by atoms with Crippen LogP contribution in [0.5, 0.6) is 11.6 Å². The van der Waals surface area contributed by atoms with Gasteiger partial charge in [-0.2, -0.15) is 0 Å². The van der Waals surface area contributed by atoms with Crippen molar-refractivity contribution in [3.63, 3.8) is 0 Å². The van der Waals surface area contributed by atoms with E-state index in [1.54, 1.807) is 30.0 Å². The monoisotopic (exact) mass is 814 g/mol. The summed E-state index contributed by atoms with van der Waals surface area (Å²) in [6.07, 6.45) is 3.60. The van der Waals surface area contributed by atoms with Gasteiger partial charge in [0.1, 0.15) is 11.5 Å². The zero-order chi connectivity index (χ0) is 27.5. The molecule has 0 aliphatic carbocycles. The Bertz CT molecular complexity index is 1240. The second-order valence-electron chi connectivity index (χ2n) is 8.38. The van der Waals surface area contributed by atoms with E-state index in [1.807, 2.05) is 46.1 Å². The van der Waals surface area contributed by atoms with Crippen LogP contribution in [0, 0.1) is 48.7 Å². The Labute approximate surface area is 271 Å². The van der Waals surface area contributed by atoms with Crippen LogP contribution in [0.25, 0.3) is 17.1 Å². The molecule has 3 heterocycles. The first kappa shape index (κ1) is 39.6. The normalized spacial score (nSPS) is 13.9. The number of benzene rings is 1. The van der Waals surface area contributed by atoms with Gasteiger partial charge in [0.2, 0.25) is 12.1 Å². The molecule has 2 aromatic heterocycles. The van der Waals surface area contributed by atoms with Crippen LogP contribution in [0.15, 0.2) is 54.6 Å². The number of nitrogens with one attached hydrogen (secondary N) is 2. The van der Waals surface area contributed by atoms with Gasteiger partial charge >= 0.3 is 31.1 Å². The fourth-order valence-corrected chi connectivity index (χ4v) is 3.61. The molecule has 1 unspecified atom stereocenters. The molecule has 215 valence electrons. The molecule has 1 saturated heterocycles. The summed E-state index contributed by atoms with van der Waals surface area (Å²) in [5.74, 6) is 1.28. The van der Waals surface area contributed by atoms with Crippen molar-refractivity contribution >= 4 is 17.2 Å². The Kier molecular flexibility index (Phi) is 19.3. The van der Waals surface area contributed by atoms with Gasteiger partial charge in [-0.05, 0) is 70.1 Å². The summed E-state index contributed by atoms with van der Waals surface area (Å²) in [5.41, 5.74) is 16.4. The van der Waals surface area contributed by atoms with Crippen LogP contribution in [0.4, 0.5) is 5.82 Å². The van der Waals surface area contributed by atoms with Crippen LogP contribution in [-0.2, 0) is 29.8 Å². The summed E-state index contributed by atoms with van der Waals surface area (Å²) in [5, 5.41) is 14.4. The Morgan fingerprint density at radius 2 is 1.95 bits per heavy atom. The number of imidazole rings is 1. The standard InChI is InChI=1S/C15H13N4O2.C8H15N4O2.C2H6.CH3.U.V/c1-10(20)7-11-3-2-4-12(8-11)21-15-6-5-14-17-13(16)9-19(14)18-15;1-10(2)7-3-4-11(5-7)8(9)6-12(13)14;1-2;;;/h2-6,8-9,16H,7H2,1H3;6-7,9H,3-5H2,1-2H3;1-2H3;1H3;;/q2*-1;;-1;+2;/b;8-6-;;;;. The number of carbonyl (C=O) groups is 1. The third-order valence-corrected chi connectivity index (χ3v) is 5.33. The summed E-state index contributed by atoms with van der Waals surface area (Å²) >= 11 is 0. The van der Waals surface area contributed by atoms with Gasteiger partial charge in [0.15, 0.2) is 0 Å². The molecule has 12 nitrogen and oxygen atoms in total. The quantitative estimate of drug-likeness (QED) is 0.171. The van der Waals surface area contributed by atoms with Crippen molar-refractivity contribution < 1.29 is 64.1 Å². The van der Waals surface area contributed by atoms with Gasteiger partial charge in [0.25, 0.3) is 0 Å². The predicted molar refractivity (Wildman–Crippen MR) is 149 cm³/mol. The number of aromatic nitrogens is 3. The average Bonchev–Trinajstić information content (AvgIpc) is 3.46. The average molecular weight is 815 g/mol. The number of rotatable bonds is 7. The van der Waals surface area contributed by atoms with Gasteiger partial charge < -0.3 is 38.4 Å². The van der Waals surface area contributed by atoms with Crippen LogP contribution in [-0.4, -0.2) is 68.3 Å². The van der Waals surface area contributed by atoms with E-state index < -0.39 is 4.92 Å². The molecule has 40 heavy (non-hydrogen) atoms. The molecule has 1 aliphatic heterocycles. The first-order valence-corrected chi connectivity index (χ1v) is 11.9. The molecule has 0 spiro atoms. The summed E-state index contributed by atoms with van der Waals surface area (Å²) in [6, 6.07) is 11.2. The summed E-state index contributed by atoms with van der Waals surface area (Å²) < 4.78 is 7.18. The van der Waals surface area contributed by atoms with Gasteiger partial charge in [0.05, 0.1) is 10.6 Å². The Morgan fingerprint density at radius 1 is 1.27 bits per heavy atom. The molecule has 1 radical (unpaired) electrons. The number of likely N-dealkylation sites (N-methyl/N-ethyl adjacent to an activating group) is 1. The van der Waals surface area contributed by atoms with Crippen molar-refractivity contribution in [2.45, 2.75) is 39.7 Å². The maximum absolute atomic E-state index is 11.2. The van der Waals surface area contributed by atoms with Crippen molar-refractivity contribution in [1.29, 1.82) is 0 Å². The minimum Gasteiger partial charge on any atom is -0.481 e. The van der Waals surface area contributed by atoms with Crippen LogP contribution >= 0.6 is 0 Å². The van der Waals surface area contributed by atoms with E-state index in [9.17, 15) is 14.9 Å². The van der Waals surface area contributed by atoms with Crippen molar-refractivity contribution in [3.05, 3.63) is 89.2 Å². The smallest absolute Gasteiger partial charge is 0.481 e. The van der Waals surface area contributed by atoms with E-state index in [-0.39, 0.29) is 74.5 Å². The summed E-state index contributed by atoms with van der Waals surface area (Å²) in [7, 11) is 3.96. The minimum absolute atomic E-state index is 0. The number of ketones is 1. The largest absolute Gasteiger partial charge is 2.00 e. The van der Waals surface area contributed by atoms with Crippen LogP contribution in [0.3, 0.4) is 0 Å². The fraction of sp³-hybridized carbons (Fsp3) is 0.385. The molecule has 2 N–H and O–H groups in total. The number of nitro groups is 1. The van der Waals surface area contributed by atoms with Crippen LogP contribution in [0.2, 0.25) is 0 Å². The van der Waals surface area contributed by atoms with E-state index in [0.717, 1.165) is 24.7 Å². The summed E-state index contributed by atoms with van der Waals surface area (Å²) in [4.78, 5) is 28.5. The van der Waals surface area contributed by atoms with Crippen molar-refractivity contribution in [1.82, 2.24) is 24.4 Å². The van der Waals surface area contributed by atoms with Gasteiger partial charge in [-0.15, -0.1) is 5.10 Å². The number of nitrogens with zero attached hydrogens (tertiary/aromatic N) is 6. The van der Waals surface area contributed by atoms with Crippen molar-refractivity contribution in [2.75, 3.05) is 27.2 Å². The number of hydrogen-bond acceptors (Lipinski definition) is 8. The Balaban J connectivity index is 0. The SMILES string of the molecule is CC.CC(=O)Cc1cccc(Oc2ccc3nc([NH-])cn3n2)c1.CN(C)C1CCN(/C([NH-])=C\[N+](=O)[O-])C1.[CH3-].[U+2].[V]. The van der Waals surface area contributed by atoms with Crippen molar-refractivity contribution in [3.8, 4) is 11.6 Å². The first-order chi connectivity index (χ1) is 17.6.